The molecule has 0 aliphatic carbocycles. The molecule has 0 unspecified atom stereocenters. The van der Waals surface area contributed by atoms with Crippen LogP contribution in [-0.4, -0.2) is 43.2 Å². The Bertz CT molecular complexity index is 189. The van der Waals surface area contributed by atoms with Gasteiger partial charge in [0.05, 0.1) is 19.8 Å². The van der Waals surface area contributed by atoms with Gasteiger partial charge in [0.2, 0.25) is 0 Å². The first-order valence-electron chi connectivity index (χ1n) is 4.83. The van der Waals surface area contributed by atoms with Crippen LogP contribution in [0.4, 0.5) is 0 Å². The molecule has 5 nitrogen and oxygen atoms in total. The highest BCUT2D eigenvalue weighted by molar-refractivity contribution is 5.68. The quantitative estimate of drug-likeness (QED) is 0.604. The Morgan fingerprint density at radius 3 is 2.71 bits per heavy atom. The van der Waals surface area contributed by atoms with Crippen molar-refractivity contribution < 1.29 is 19.4 Å². The van der Waals surface area contributed by atoms with Gasteiger partial charge in [0.25, 0.3) is 0 Å². The molecule has 1 heterocycles. The van der Waals surface area contributed by atoms with Crippen molar-refractivity contribution >= 4 is 5.97 Å². The summed E-state index contributed by atoms with van der Waals surface area (Å²) < 4.78 is 10.8. The van der Waals surface area contributed by atoms with Crippen LogP contribution in [0.15, 0.2) is 0 Å². The van der Waals surface area contributed by atoms with Crippen molar-refractivity contribution in [2.75, 3.05) is 26.3 Å². The smallest absolute Gasteiger partial charge is 0.317 e. The Morgan fingerprint density at radius 1 is 1.50 bits per heavy atom. The number of hydrogen-bond donors (Lipinski definition) is 2. The molecular formula is C9H17NO4. The number of nitrogens with one attached hydrogen (secondary N) is 1. The van der Waals surface area contributed by atoms with Crippen LogP contribution in [0.1, 0.15) is 19.8 Å². The minimum atomic E-state index is -0.829. The van der Waals surface area contributed by atoms with E-state index in [0.29, 0.717) is 19.8 Å². The van der Waals surface area contributed by atoms with E-state index in [1.165, 1.54) is 0 Å². The summed E-state index contributed by atoms with van der Waals surface area (Å²) in [6.45, 7) is 3.91. The largest absolute Gasteiger partial charge is 0.480 e. The van der Waals surface area contributed by atoms with Gasteiger partial charge in [-0.15, -0.1) is 0 Å². The zero-order chi connectivity index (χ0) is 10.4. The molecule has 82 valence electrons. The second-order valence-electron chi connectivity index (χ2n) is 3.50. The van der Waals surface area contributed by atoms with Gasteiger partial charge in [-0.1, -0.05) is 0 Å². The molecule has 0 radical (unpaired) electrons. The minimum absolute atomic E-state index is 0.0123. The predicted octanol–water partition coefficient (Wildman–Crippen LogP) is 0.204. The van der Waals surface area contributed by atoms with Crippen LogP contribution < -0.4 is 5.32 Å². The number of carboxylic acids is 1. The van der Waals surface area contributed by atoms with Crippen LogP contribution >= 0.6 is 0 Å². The van der Waals surface area contributed by atoms with E-state index in [9.17, 15) is 4.79 Å². The highest BCUT2D eigenvalue weighted by Crippen LogP contribution is 2.23. The lowest BCUT2D eigenvalue weighted by Gasteiger charge is -2.21. The normalized spacial score (nSPS) is 19.8. The molecule has 0 atom stereocenters. The lowest BCUT2D eigenvalue weighted by atomic mass is 10.1. The molecule has 0 aromatic carbocycles. The van der Waals surface area contributed by atoms with Gasteiger partial charge in [0.15, 0.2) is 5.79 Å². The first kappa shape index (κ1) is 11.4. The third-order valence-electron chi connectivity index (χ3n) is 2.16. The van der Waals surface area contributed by atoms with E-state index >= 15 is 0 Å². The van der Waals surface area contributed by atoms with Crippen molar-refractivity contribution in [1.29, 1.82) is 0 Å². The maximum Gasteiger partial charge on any atom is 0.317 e. The maximum absolute atomic E-state index is 10.2. The van der Waals surface area contributed by atoms with Gasteiger partial charge >= 0.3 is 5.97 Å². The SMILES string of the molecule is CC1(CCCNCC(=O)O)OCCO1. The molecule has 0 saturated carbocycles. The standard InChI is InChI=1S/C9H17NO4/c1-9(13-5-6-14-9)3-2-4-10-7-8(11)12/h10H,2-7H2,1H3,(H,11,12). The third-order valence-corrected chi connectivity index (χ3v) is 2.16. The van der Waals surface area contributed by atoms with E-state index in [-0.39, 0.29) is 6.54 Å². The molecule has 0 amide bonds. The average Bonchev–Trinajstić information content (AvgIpc) is 2.51. The third kappa shape index (κ3) is 4.04. The van der Waals surface area contributed by atoms with Gasteiger partial charge in [-0.2, -0.15) is 0 Å². The maximum atomic E-state index is 10.2. The zero-order valence-electron chi connectivity index (χ0n) is 8.41. The average molecular weight is 203 g/mol. The number of rotatable bonds is 6. The van der Waals surface area contributed by atoms with Crippen molar-refractivity contribution in [3.63, 3.8) is 0 Å². The summed E-state index contributed by atoms with van der Waals surface area (Å²) >= 11 is 0. The zero-order valence-corrected chi connectivity index (χ0v) is 8.41. The molecule has 0 aromatic heterocycles. The molecule has 1 saturated heterocycles. The molecular weight excluding hydrogens is 186 g/mol. The minimum Gasteiger partial charge on any atom is -0.480 e. The molecule has 0 spiro atoms. The molecule has 1 aliphatic heterocycles. The topological polar surface area (TPSA) is 67.8 Å². The highest BCUT2D eigenvalue weighted by atomic mass is 16.7. The number of ether oxygens (including phenoxy) is 2. The van der Waals surface area contributed by atoms with Crippen LogP contribution in [0, 0.1) is 0 Å². The Morgan fingerprint density at radius 2 is 2.14 bits per heavy atom. The van der Waals surface area contributed by atoms with Crippen molar-refractivity contribution in [2.45, 2.75) is 25.6 Å². The van der Waals surface area contributed by atoms with Gasteiger partial charge in [-0.05, 0) is 19.9 Å². The molecule has 5 heteroatoms. The van der Waals surface area contributed by atoms with E-state index < -0.39 is 11.8 Å². The summed E-state index contributed by atoms with van der Waals surface area (Å²) in [5, 5.41) is 11.2. The first-order valence-corrected chi connectivity index (χ1v) is 4.83. The van der Waals surface area contributed by atoms with Gasteiger partial charge in [-0.25, -0.2) is 0 Å². The second-order valence-corrected chi connectivity index (χ2v) is 3.50. The lowest BCUT2D eigenvalue weighted by Crippen LogP contribution is -2.29. The van der Waals surface area contributed by atoms with Crippen LogP contribution in [0.3, 0.4) is 0 Å². The van der Waals surface area contributed by atoms with E-state index in [1.807, 2.05) is 6.92 Å². The molecule has 1 rings (SSSR count). The Kier molecular flexibility index (Phi) is 4.31. The molecule has 1 fully saturated rings. The first-order chi connectivity index (χ1) is 6.62. The van der Waals surface area contributed by atoms with Crippen LogP contribution in [0.5, 0.6) is 0 Å². The van der Waals surface area contributed by atoms with Gasteiger partial charge < -0.3 is 19.9 Å². The Balaban J connectivity index is 2.00. The second kappa shape index (κ2) is 5.29. The van der Waals surface area contributed by atoms with Crippen molar-refractivity contribution in [3.8, 4) is 0 Å². The fourth-order valence-corrected chi connectivity index (χ4v) is 1.43. The van der Waals surface area contributed by atoms with Crippen LogP contribution in [0.25, 0.3) is 0 Å². The highest BCUT2D eigenvalue weighted by Gasteiger charge is 2.29. The summed E-state index contributed by atoms with van der Waals surface area (Å²) in [7, 11) is 0. The number of carboxylic acid groups (broad SMARTS) is 1. The number of hydrogen-bond acceptors (Lipinski definition) is 4. The molecule has 0 aromatic rings. The molecule has 14 heavy (non-hydrogen) atoms. The molecule has 1 aliphatic rings. The van der Waals surface area contributed by atoms with Crippen LogP contribution in [0.2, 0.25) is 0 Å². The Hall–Kier alpha value is -0.650. The summed E-state index contributed by atoms with van der Waals surface area (Å²) in [4.78, 5) is 10.2. The van der Waals surface area contributed by atoms with E-state index in [4.69, 9.17) is 14.6 Å². The van der Waals surface area contributed by atoms with Gasteiger partial charge in [0.1, 0.15) is 0 Å². The van der Waals surface area contributed by atoms with Crippen molar-refractivity contribution in [1.82, 2.24) is 5.32 Å². The van der Waals surface area contributed by atoms with Crippen molar-refractivity contribution in [3.05, 3.63) is 0 Å². The fraction of sp³-hybridized carbons (Fsp3) is 0.889. The summed E-state index contributed by atoms with van der Waals surface area (Å²) in [5.41, 5.74) is 0. The van der Waals surface area contributed by atoms with Crippen LogP contribution in [-0.2, 0) is 14.3 Å². The summed E-state index contributed by atoms with van der Waals surface area (Å²) in [6, 6.07) is 0. The van der Waals surface area contributed by atoms with Gasteiger partial charge in [0, 0.05) is 6.42 Å². The molecule has 2 N–H and O–H groups in total. The van der Waals surface area contributed by atoms with E-state index in [1.54, 1.807) is 0 Å². The van der Waals surface area contributed by atoms with E-state index in [0.717, 1.165) is 12.8 Å². The fourth-order valence-electron chi connectivity index (χ4n) is 1.43. The monoisotopic (exact) mass is 203 g/mol. The van der Waals surface area contributed by atoms with Crippen molar-refractivity contribution in [2.24, 2.45) is 0 Å². The lowest BCUT2D eigenvalue weighted by molar-refractivity contribution is -0.147. The summed E-state index contributed by atoms with van der Waals surface area (Å²) in [5.74, 6) is -1.28. The van der Waals surface area contributed by atoms with Gasteiger partial charge in [-0.3, -0.25) is 4.79 Å². The molecule has 0 bridgehead atoms. The summed E-state index contributed by atoms with van der Waals surface area (Å²) in [6.07, 6.45) is 1.64. The number of carbonyl (C=O) groups is 1. The predicted molar refractivity (Wildman–Crippen MR) is 50.0 cm³/mol. The van der Waals surface area contributed by atoms with E-state index in [2.05, 4.69) is 5.32 Å². The Labute approximate surface area is 83.4 Å². The number of aliphatic carboxylic acids is 1.